The van der Waals surface area contributed by atoms with Gasteiger partial charge in [-0.2, -0.15) is 0 Å². The van der Waals surface area contributed by atoms with E-state index in [-0.39, 0.29) is 27.3 Å². The fraction of sp³-hybridized carbons (Fsp3) is 0.750. The Morgan fingerprint density at radius 3 is 0.824 bits per heavy atom. The summed E-state index contributed by atoms with van der Waals surface area (Å²) in [6, 6.07) is 0. The quantitative estimate of drug-likeness (QED) is 0.430. The third-order valence-corrected chi connectivity index (χ3v) is 0.994. The van der Waals surface area contributed by atoms with E-state index in [0.717, 1.165) is 13.1 Å². The van der Waals surface area contributed by atoms with Gasteiger partial charge in [-0.05, 0) is 28.2 Å². The van der Waals surface area contributed by atoms with Crippen molar-refractivity contribution in [3.05, 3.63) is 13.4 Å². The first-order chi connectivity index (χ1) is 7.09. The molecule has 102 valence electrons. The fourth-order valence-corrected chi connectivity index (χ4v) is 0.400. The van der Waals surface area contributed by atoms with Crippen LogP contribution in [-0.2, 0) is 27.3 Å². The SMILES string of the molecule is CN(C)CCN(C)C.F[C-](F)F.F[C-](F)F.[Cd+2]. The summed E-state index contributed by atoms with van der Waals surface area (Å²) in [5.41, 5.74) is 0. The first kappa shape index (κ1) is 26.1. The second-order valence-electron chi connectivity index (χ2n) is 3.04. The van der Waals surface area contributed by atoms with E-state index in [9.17, 15) is 26.3 Å². The molecule has 0 unspecified atom stereocenters. The standard InChI is InChI=1S/C6H16N2.2CF3.Cd/c1-7(2)5-6-8(3)4;2*2-1(3)4;/h5-6H2,1-4H3;;;/q;2*-1;+2. The second kappa shape index (κ2) is 18.8. The predicted molar refractivity (Wildman–Crippen MR) is 50.2 cm³/mol. The summed E-state index contributed by atoms with van der Waals surface area (Å²) in [7, 11) is 8.35. The summed E-state index contributed by atoms with van der Waals surface area (Å²) < 4.78 is 57.5. The number of nitrogens with zero attached hydrogens (tertiary/aromatic N) is 2. The van der Waals surface area contributed by atoms with Crippen LogP contribution in [0.1, 0.15) is 0 Å². The number of rotatable bonds is 3. The molecule has 0 saturated carbocycles. The molecule has 0 amide bonds. The molecular weight excluding hydrogens is 351 g/mol. The van der Waals surface area contributed by atoms with Crippen molar-refractivity contribution in [1.82, 2.24) is 9.80 Å². The van der Waals surface area contributed by atoms with Crippen molar-refractivity contribution >= 4 is 0 Å². The molecule has 0 aliphatic heterocycles. The average molecular weight is 367 g/mol. The number of halogens is 6. The number of likely N-dealkylation sites (N-methyl/N-ethyl adjacent to an activating group) is 2. The topological polar surface area (TPSA) is 6.48 Å². The smallest absolute Gasteiger partial charge is 0.385 e. The Morgan fingerprint density at radius 2 is 0.765 bits per heavy atom. The Hall–Kier alpha value is 0.422. The average Bonchev–Trinajstić information content (AvgIpc) is 1.98. The van der Waals surface area contributed by atoms with Crippen LogP contribution < -0.4 is 0 Å². The van der Waals surface area contributed by atoms with Crippen LogP contribution in [0.3, 0.4) is 0 Å². The molecule has 0 atom stereocenters. The zero-order valence-electron chi connectivity index (χ0n) is 10.3. The summed E-state index contributed by atoms with van der Waals surface area (Å²) in [5, 5.41) is 0. The molecule has 0 bridgehead atoms. The molecule has 0 rings (SSSR count). The minimum atomic E-state index is -3.08. The molecule has 17 heavy (non-hydrogen) atoms. The molecule has 0 spiro atoms. The van der Waals surface area contributed by atoms with E-state index in [1.54, 1.807) is 0 Å². The van der Waals surface area contributed by atoms with Crippen molar-refractivity contribution in [1.29, 1.82) is 0 Å². The van der Waals surface area contributed by atoms with Gasteiger partial charge in [0.1, 0.15) is 0 Å². The van der Waals surface area contributed by atoms with Crippen molar-refractivity contribution in [3.8, 4) is 0 Å². The Morgan fingerprint density at radius 1 is 0.647 bits per heavy atom. The maximum Gasteiger partial charge on any atom is 2.00 e. The zero-order chi connectivity index (χ0) is 13.7. The van der Waals surface area contributed by atoms with Gasteiger partial charge in [-0.1, -0.05) is 0 Å². The molecule has 9 heteroatoms. The minimum Gasteiger partial charge on any atom is -0.385 e. The van der Waals surface area contributed by atoms with Crippen molar-refractivity contribution in [3.63, 3.8) is 0 Å². The van der Waals surface area contributed by atoms with Crippen LogP contribution in [0.25, 0.3) is 0 Å². The summed E-state index contributed by atoms with van der Waals surface area (Å²) >= 11 is 0. The first-order valence-corrected chi connectivity index (χ1v) is 4.06. The number of hydrogen-bond donors (Lipinski definition) is 0. The fourth-order valence-electron chi connectivity index (χ4n) is 0.400. The maximum absolute atomic E-state index is 9.58. The molecule has 0 saturated heterocycles. The van der Waals surface area contributed by atoms with E-state index in [1.807, 2.05) is 0 Å². The molecule has 0 N–H and O–H groups in total. The molecule has 0 heterocycles. The van der Waals surface area contributed by atoms with Gasteiger partial charge in [0, 0.05) is 13.1 Å². The Labute approximate surface area is 118 Å². The molecule has 2 nitrogen and oxygen atoms in total. The normalized spacial score (nSPS) is 9.53. The van der Waals surface area contributed by atoms with Crippen LogP contribution in [0.4, 0.5) is 26.3 Å². The van der Waals surface area contributed by atoms with E-state index in [4.69, 9.17) is 0 Å². The second-order valence-corrected chi connectivity index (χ2v) is 3.04. The van der Waals surface area contributed by atoms with Crippen LogP contribution in [-0.4, -0.2) is 51.1 Å². The molecule has 0 aromatic carbocycles. The molecule has 0 aromatic rings. The molecule has 0 aliphatic rings. The minimum absolute atomic E-state index is 0. The van der Waals surface area contributed by atoms with E-state index in [0.29, 0.717) is 0 Å². The third-order valence-electron chi connectivity index (χ3n) is 0.994. The first-order valence-electron chi connectivity index (χ1n) is 4.06. The Bertz CT molecular complexity index is 107. The van der Waals surface area contributed by atoms with E-state index >= 15 is 0 Å². The van der Waals surface area contributed by atoms with Gasteiger partial charge >= 0.3 is 27.3 Å². The van der Waals surface area contributed by atoms with Gasteiger partial charge in [0.05, 0.1) is 0 Å². The van der Waals surface area contributed by atoms with Gasteiger partial charge in [-0.3, -0.25) is 0 Å². The largest absolute Gasteiger partial charge is 2.00 e. The van der Waals surface area contributed by atoms with Crippen molar-refractivity contribution in [2.75, 3.05) is 41.3 Å². The van der Waals surface area contributed by atoms with Gasteiger partial charge in [0.2, 0.25) is 0 Å². The van der Waals surface area contributed by atoms with Gasteiger partial charge in [0.15, 0.2) is 13.4 Å². The summed E-state index contributed by atoms with van der Waals surface area (Å²) in [6.07, 6.45) is 0. The molecule has 0 radical (unpaired) electrons. The van der Waals surface area contributed by atoms with Gasteiger partial charge < -0.3 is 36.1 Å². The molecule has 0 fully saturated rings. The summed E-state index contributed by atoms with van der Waals surface area (Å²) in [6.45, 7) is -3.87. The van der Waals surface area contributed by atoms with E-state index in [1.165, 1.54) is 0 Å². The van der Waals surface area contributed by atoms with Crippen molar-refractivity contribution in [2.45, 2.75) is 0 Å². The predicted octanol–water partition coefficient (Wildman–Crippen LogP) is 2.79. The molecular formula is C8H16CdF6N2. The zero-order valence-corrected chi connectivity index (χ0v) is 14.3. The monoisotopic (exact) mass is 368 g/mol. The van der Waals surface area contributed by atoms with Gasteiger partial charge in [0.25, 0.3) is 0 Å². The third kappa shape index (κ3) is 116. The Balaban J connectivity index is -0.0000000806. The van der Waals surface area contributed by atoms with Gasteiger partial charge in [-0.25, -0.2) is 0 Å². The van der Waals surface area contributed by atoms with Crippen LogP contribution >= 0.6 is 0 Å². The summed E-state index contributed by atoms with van der Waals surface area (Å²) in [4.78, 5) is 4.36. The molecule has 0 aliphatic carbocycles. The number of hydrogen-bond acceptors (Lipinski definition) is 2. The molecule has 0 aromatic heterocycles. The van der Waals surface area contributed by atoms with Crippen LogP contribution in [0.5, 0.6) is 0 Å². The maximum atomic E-state index is 9.58. The summed E-state index contributed by atoms with van der Waals surface area (Å²) in [5.74, 6) is 0. The van der Waals surface area contributed by atoms with Gasteiger partial charge in [-0.15, -0.1) is 0 Å². The van der Waals surface area contributed by atoms with Crippen LogP contribution in [0.15, 0.2) is 0 Å². The van der Waals surface area contributed by atoms with Crippen LogP contribution in [0, 0.1) is 13.4 Å². The van der Waals surface area contributed by atoms with E-state index in [2.05, 4.69) is 38.0 Å². The van der Waals surface area contributed by atoms with Crippen molar-refractivity contribution < 1.29 is 53.6 Å². The van der Waals surface area contributed by atoms with Crippen molar-refractivity contribution in [2.24, 2.45) is 0 Å². The Kier molecular flexibility index (Phi) is 28.8. The van der Waals surface area contributed by atoms with E-state index < -0.39 is 13.4 Å². The van der Waals surface area contributed by atoms with Crippen LogP contribution in [0.2, 0.25) is 0 Å².